The summed E-state index contributed by atoms with van der Waals surface area (Å²) in [6.07, 6.45) is 58.1. The van der Waals surface area contributed by atoms with E-state index in [4.69, 9.17) is 4.74 Å². The number of carbonyl (C=O) groups is 2. The Balaban J connectivity index is 4.56. The fourth-order valence-corrected chi connectivity index (χ4v) is 8.60. The molecule has 0 aromatic heterocycles. The van der Waals surface area contributed by atoms with Gasteiger partial charge in [0.2, 0.25) is 5.91 Å². The summed E-state index contributed by atoms with van der Waals surface area (Å²) < 4.78 is 5.95. The Labute approximate surface area is 386 Å². The molecular formula is C56H107NO5. The summed E-state index contributed by atoms with van der Waals surface area (Å²) in [5.74, 6) is -0.470. The first-order valence-corrected chi connectivity index (χ1v) is 27.6. The van der Waals surface area contributed by atoms with Crippen molar-refractivity contribution in [2.24, 2.45) is 0 Å². The van der Waals surface area contributed by atoms with E-state index in [0.29, 0.717) is 19.3 Å². The second kappa shape index (κ2) is 50.3. The van der Waals surface area contributed by atoms with Gasteiger partial charge in [-0.15, -0.1) is 0 Å². The second-order valence-electron chi connectivity index (χ2n) is 19.0. The van der Waals surface area contributed by atoms with Crippen molar-refractivity contribution >= 4 is 11.9 Å². The van der Waals surface area contributed by atoms with Crippen molar-refractivity contribution in [2.45, 2.75) is 315 Å². The van der Waals surface area contributed by atoms with Gasteiger partial charge in [0.1, 0.15) is 6.10 Å². The lowest BCUT2D eigenvalue weighted by Crippen LogP contribution is -2.46. The van der Waals surface area contributed by atoms with Crippen LogP contribution in [0.25, 0.3) is 0 Å². The first-order valence-electron chi connectivity index (χ1n) is 27.6. The molecule has 3 N–H and O–H groups in total. The van der Waals surface area contributed by atoms with E-state index in [-0.39, 0.29) is 24.9 Å². The van der Waals surface area contributed by atoms with Crippen LogP contribution in [0.2, 0.25) is 0 Å². The molecule has 0 aliphatic rings. The molecule has 3 atom stereocenters. The van der Waals surface area contributed by atoms with E-state index in [0.717, 1.165) is 51.4 Å². The van der Waals surface area contributed by atoms with Crippen molar-refractivity contribution in [1.29, 1.82) is 0 Å². The summed E-state index contributed by atoms with van der Waals surface area (Å²) in [5, 5.41) is 23.8. The number of hydrogen-bond donors (Lipinski definition) is 3. The minimum Gasteiger partial charge on any atom is -0.462 e. The van der Waals surface area contributed by atoms with Crippen molar-refractivity contribution in [3.8, 4) is 0 Å². The molecule has 0 aromatic rings. The topological polar surface area (TPSA) is 95.9 Å². The van der Waals surface area contributed by atoms with Crippen LogP contribution in [0.4, 0.5) is 0 Å². The number of rotatable bonds is 50. The summed E-state index contributed by atoms with van der Waals surface area (Å²) >= 11 is 0. The number of aliphatic hydroxyl groups excluding tert-OH is 2. The Morgan fingerprint density at radius 3 is 1.23 bits per heavy atom. The van der Waals surface area contributed by atoms with E-state index in [1.165, 1.54) is 199 Å². The monoisotopic (exact) mass is 874 g/mol. The highest BCUT2D eigenvalue weighted by Crippen LogP contribution is 2.19. The molecule has 366 valence electrons. The number of esters is 1. The third kappa shape index (κ3) is 44.9. The molecule has 0 heterocycles. The first kappa shape index (κ1) is 60.3. The van der Waals surface area contributed by atoms with Crippen LogP contribution in [0.3, 0.4) is 0 Å². The van der Waals surface area contributed by atoms with Crippen LogP contribution < -0.4 is 5.32 Å². The van der Waals surface area contributed by atoms with Crippen molar-refractivity contribution in [1.82, 2.24) is 5.32 Å². The SMILES string of the molecule is CCCCC/C=C/C=C/CCCCCCCCC(=O)OC(CCCCCCCCCCCCCCCCCC)CC(=O)NC(CO)C(O)CCCCCCCCCCCCCC. The number of hydrogen-bond acceptors (Lipinski definition) is 5. The summed E-state index contributed by atoms with van der Waals surface area (Å²) in [4.78, 5) is 26.2. The standard InChI is InChI=1S/C56H107NO5/c1-4-7-10-13-16-19-22-25-27-29-30-32-35-38-41-44-47-52(62-56(61)49-46-43-40-37-34-31-28-26-23-20-17-14-11-8-5-2)50-55(60)57-53(51-58)54(59)48-45-42-39-36-33-24-21-18-15-12-9-6-3/h17,20,23,26,52-54,58-59H,4-16,18-19,21-22,24-25,27-51H2,1-3H3,(H,57,60)/b20-17+,26-23+. The maximum atomic E-state index is 13.2. The molecule has 0 rings (SSSR count). The molecule has 0 aromatic carbocycles. The minimum atomic E-state index is -0.785. The molecule has 62 heavy (non-hydrogen) atoms. The van der Waals surface area contributed by atoms with Gasteiger partial charge in [-0.3, -0.25) is 9.59 Å². The molecule has 0 fully saturated rings. The van der Waals surface area contributed by atoms with Crippen LogP contribution in [-0.4, -0.2) is 46.9 Å². The van der Waals surface area contributed by atoms with Crippen LogP contribution in [-0.2, 0) is 14.3 Å². The van der Waals surface area contributed by atoms with Crippen LogP contribution in [0, 0.1) is 0 Å². The number of aliphatic hydroxyl groups is 2. The van der Waals surface area contributed by atoms with Crippen molar-refractivity contribution < 1.29 is 24.5 Å². The Bertz CT molecular complexity index is 981. The maximum absolute atomic E-state index is 13.2. The van der Waals surface area contributed by atoms with Crippen LogP contribution in [0.15, 0.2) is 24.3 Å². The van der Waals surface area contributed by atoms with Gasteiger partial charge in [0.15, 0.2) is 0 Å². The van der Waals surface area contributed by atoms with E-state index in [1.54, 1.807) is 0 Å². The van der Waals surface area contributed by atoms with Gasteiger partial charge in [-0.05, 0) is 51.4 Å². The minimum absolute atomic E-state index is 0.0788. The van der Waals surface area contributed by atoms with E-state index >= 15 is 0 Å². The Morgan fingerprint density at radius 1 is 0.468 bits per heavy atom. The molecule has 0 aliphatic carbocycles. The molecular weight excluding hydrogens is 767 g/mol. The summed E-state index contributed by atoms with van der Waals surface area (Å²) in [5.41, 5.74) is 0. The summed E-state index contributed by atoms with van der Waals surface area (Å²) in [7, 11) is 0. The van der Waals surface area contributed by atoms with Crippen LogP contribution >= 0.6 is 0 Å². The third-order valence-corrected chi connectivity index (χ3v) is 12.8. The molecule has 0 spiro atoms. The number of ether oxygens (including phenoxy) is 1. The van der Waals surface area contributed by atoms with Crippen molar-refractivity contribution in [3.63, 3.8) is 0 Å². The third-order valence-electron chi connectivity index (χ3n) is 12.8. The average molecular weight is 874 g/mol. The Kier molecular flexibility index (Phi) is 49.0. The first-order chi connectivity index (χ1) is 30.5. The number of carbonyl (C=O) groups excluding carboxylic acids is 2. The number of allylic oxidation sites excluding steroid dienone is 4. The van der Waals surface area contributed by atoms with Gasteiger partial charge in [0.25, 0.3) is 0 Å². The largest absolute Gasteiger partial charge is 0.462 e. The normalized spacial score (nSPS) is 13.3. The highest BCUT2D eigenvalue weighted by molar-refractivity contribution is 5.77. The van der Waals surface area contributed by atoms with Crippen molar-refractivity contribution in [3.05, 3.63) is 24.3 Å². The molecule has 6 nitrogen and oxygen atoms in total. The number of unbranched alkanes of at least 4 members (excludes halogenated alkanes) is 35. The fourth-order valence-electron chi connectivity index (χ4n) is 8.60. The Hall–Kier alpha value is -1.66. The predicted molar refractivity (Wildman–Crippen MR) is 269 cm³/mol. The summed E-state index contributed by atoms with van der Waals surface area (Å²) in [6, 6.07) is -0.699. The zero-order valence-electron chi connectivity index (χ0n) is 41.8. The van der Waals surface area contributed by atoms with Gasteiger partial charge in [0.05, 0.1) is 25.2 Å². The molecule has 0 bridgehead atoms. The maximum Gasteiger partial charge on any atom is 0.306 e. The lowest BCUT2D eigenvalue weighted by molar-refractivity contribution is -0.151. The van der Waals surface area contributed by atoms with Crippen molar-refractivity contribution in [2.75, 3.05) is 6.61 Å². The quantitative estimate of drug-likeness (QED) is 0.0321. The van der Waals surface area contributed by atoms with Gasteiger partial charge < -0.3 is 20.3 Å². The summed E-state index contributed by atoms with van der Waals surface area (Å²) in [6.45, 7) is 6.48. The molecule has 0 saturated heterocycles. The zero-order valence-corrected chi connectivity index (χ0v) is 41.8. The van der Waals surface area contributed by atoms with Crippen LogP contribution in [0.1, 0.15) is 297 Å². The van der Waals surface area contributed by atoms with Gasteiger partial charge in [0, 0.05) is 6.42 Å². The van der Waals surface area contributed by atoms with Crippen LogP contribution in [0.5, 0.6) is 0 Å². The van der Waals surface area contributed by atoms with E-state index in [9.17, 15) is 19.8 Å². The fraction of sp³-hybridized carbons (Fsp3) is 0.893. The van der Waals surface area contributed by atoms with E-state index in [2.05, 4.69) is 50.4 Å². The molecule has 1 amide bonds. The second-order valence-corrected chi connectivity index (χ2v) is 19.0. The lowest BCUT2D eigenvalue weighted by Gasteiger charge is -2.24. The Morgan fingerprint density at radius 2 is 0.806 bits per heavy atom. The predicted octanol–water partition coefficient (Wildman–Crippen LogP) is 16.7. The van der Waals surface area contributed by atoms with Gasteiger partial charge >= 0.3 is 5.97 Å². The van der Waals surface area contributed by atoms with Gasteiger partial charge in [-0.25, -0.2) is 0 Å². The molecule has 6 heteroatoms. The zero-order chi connectivity index (χ0) is 45.2. The van der Waals surface area contributed by atoms with Gasteiger partial charge in [-0.1, -0.05) is 257 Å². The highest BCUT2D eigenvalue weighted by Gasteiger charge is 2.24. The molecule has 0 radical (unpaired) electrons. The van der Waals surface area contributed by atoms with Gasteiger partial charge in [-0.2, -0.15) is 0 Å². The molecule has 3 unspecified atom stereocenters. The van der Waals surface area contributed by atoms with E-state index in [1.807, 2.05) is 0 Å². The highest BCUT2D eigenvalue weighted by atomic mass is 16.5. The van der Waals surface area contributed by atoms with E-state index < -0.39 is 18.2 Å². The lowest BCUT2D eigenvalue weighted by atomic mass is 10.0. The number of nitrogens with one attached hydrogen (secondary N) is 1. The molecule has 0 saturated carbocycles. The molecule has 0 aliphatic heterocycles. The average Bonchev–Trinajstić information content (AvgIpc) is 3.26. The smallest absolute Gasteiger partial charge is 0.306 e. The number of amides is 1.